The summed E-state index contributed by atoms with van der Waals surface area (Å²) >= 11 is 7.05. The van der Waals surface area contributed by atoms with Crippen molar-refractivity contribution < 1.29 is 0 Å². The highest BCUT2D eigenvalue weighted by Crippen LogP contribution is 2.26. The second-order valence-electron chi connectivity index (χ2n) is 4.32. The maximum atomic E-state index is 8.86. The number of nitrogens with zero attached hydrogens (tertiary/aromatic N) is 3. The molecule has 0 aliphatic heterocycles. The molecule has 2 aromatic rings. The van der Waals surface area contributed by atoms with E-state index >= 15 is 0 Å². The normalized spacial score (nSPS) is 10.3. The Kier molecular flexibility index (Phi) is 4.84. The molecule has 0 radical (unpaired) electrons. The molecule has 0 saturated carbocycles. The summed E-state index contributed by atoms with van der Waals surface area (Å²) < 4.78 is 3.90. The number of benzene rings is 1. The van der Waals surface area contributed by atoms with Crippen LogP contribution in [0.15, 0.2) is 27.1 Å². The first-order chi connectivity index (χ1) is 9.56. The summed E-state index contributed by atoms with van der Waals surface area (Å²) in [5.41, 5.74) is 3.69. The average molecular weight is 398 g/mol. The first-order valence-electron chi connectivity index (χ1n) is 6.22. The predicted octanol–water partition coefficient (Wildman–Crippen LogP) is 4.22. The van der Waals surface area contributed by atoms with Crippen molar-refractivity contribution in [1.29, 1.82) is 5.26 Å². The Balaban J connectivity index is 2.19. The topological polar surface area (TPSA) is 53.6 Å². The number of hydrogen-bond acceptors (Lipinski definition) is 3. The molecule has 6 heteroatoms. The highest BCUT2D eigenvalue weighted by molar-refractivity contribution is 9.11. The average Bonchev–Trinajstić information content (AvgIpc) is 2.73. The van der Waals surface area contributed by atoms with Gasteiger partial charge in [0.1, 0.15) is 0 Å². The Morgan fingerprint density at radius 2 is 2.15 bits per heavy atom. The van der Waals surface area contributed by atoms with E-state index in [9.17, 15) is 0 Å². The van der Waals surface area contributed by atoms with Crippen molar-refractivity contribution >= 4 is 37.5 Å². The van der Waals surface area contributed by atoms with Crippen LogP contribution in [-0.4, -0.2) is 9.78 Å². The molecule has 1 aromatic carbocycles. The molecule has 1 N–H and O–H groups in total. The Hall–Kier alpha value is -1.32. The van der Waals surface area contributed by atoms with Crippen molar-refractivity contribution in [2.24, 2.45) is 0 Å². The van der Waals surface area contributed by atoms with E-state index in [4.69, 9.17) is 5.26 Å². The molecule has 0 aliphatic carbocycles. The van der Waals surface area contributed by atoms with Crippen LogP contribution in [0.25, 0.3) is 0 Å². The maximum Gasteiger partial charge on any atom is 0.0992 e. The quantitative estimate of drug-likeness (QED) is 0.840. The maximum absolute atomic E-state index is 8.86. The molecule has 0 amide bonds. The summed E-state index contributed by atoms with van der Waals surface area (Å²) in [7, 11) is 0. The van der Waals surface area contributed by atoms with Crippen molar-refractivity contribution in [2.45, 2.75) is 26.9 Å². The number of anilines is 1. The second kappa shape index (κ2) is 6.42. The molecule has 104 valence electrons. The van der Waals surface area contributed by atoms with Gasteiger partial charge in [-0.1, -0.05) is 0 Å². The zero-order valence-corrected chi connectivity index (χ0v) is 14.4. The lowest BCUT2D eigenvalue weighted by Gasteiger charge is -2.10. The Morgan fingerprint density at radius 1 is 1.40 bits per heavy atom. The van der Waals surface area contributed by atoms with E-state index in [0.29, 0.717) is 12.1 Å². The van der Waals surface area contributed by atoms with Gasteiger partial charge in [0.25, 0.3) is 0 Å². The summed E-state index contributed by atoms with van der Waals surface area (Å²) in [6, 6.07) is 7.62. The van der Waals surface area contributed by atoms with Crippen LogP contribution in [0, 0.1) is 18.3 Å². The Morgan fingerprint density at radius 3 is 2.75 bits per heavy atom. The molecule has 0 bridgehead atoms. The summed E-state index contributed by atoms with van der Waals surface area (Å²) in [5, 5.41) is 16.7. The molecular weight excluding hydrogens is 384 g/mol. The lowest BCUT2D eigenvalue weighted by Crippen LogP contribution is -2.08. The molecule has 4 nitrogen and oxygen atoms in total. The van der Waals surface area contributed by atoms with E-state index in [1.54, 1.807) is 12.1 Å². The zero-order chi connectivity index (χ0) is 14.7. The smallest absolute Gasteiger partial charge is 0.0992 e. The molecule has 1 heterocycles. The summed E-state index contributed by atoms with van der Waals surface area (Å²) in [6.45, 7) is 5.55. The van der Waals surface area contributed by atoms with Gasteiger partial charge >= 0.3 is 0 Å². The van der Waals surface area contributed by atoms with Crippen molar-refractivity contribution in [3.8, 4) is 6.07 Å². The minimum Gasteiger partial charge on any atom is -0.378 e. The predicted molar refractivity (Wildman–Crippen MR) is 86.5 cm³/mol. The molecule has 20 heavy (non-hydrogen) atoms. The van der Waals surface area contributed by atoms with Gasteiger partial charge in [0.2, 0.25) is 0 Å². The second-order valence-corrected chi connectivity index (χ2v) is 5.97. The van der Waals surface area contributed by atoms with Crippen LogP contribution < -0.4 is 5.32 Å². The van der Waals surface area contributed by atoms with Gasteiger partial charge in [-0.25, -0.2) is 0 Å². The van der Waals surface area contributed by atoms with E-state index < -0.39 is 0 Å². The molecule has 0 aliphatic rings. The fourth-order valence-corrected chi connectivity index (χ4v) is 2.89. The van der Waals surface area contributed by atoms with Crippen LogP contribution in [0.5, 0.6) is 0 Å². The number of nitrogens with one attached hydrogen (secondary N) is 1. The molecule has 0 atom stereocenters. The summed E-state index contributed by atoms with van der Waals surface area (Å²) in [6.07, 6.45) is 0. The van der Waals surface area contributed by atoms with Gasteiger partial charge in [-0.05, 0) is 63.9 Å². The van der Waals surface area contributed by atoms with Crippen LogP contribution in [0.4, 0.5) is 5.69 Å². The molecule has 0 unspecified atom stereocenters. The van der Waals surface area contributed by atoms with Gasteiger partial charge < -0.3 is 5.32 Å². The van der Waals surface area contributed by atoms with Gasteiger partial charge in [0, 0.05) is 16.7 Å². The zero-order valence-electron chi connectivity index (χ0n) is 11.2. The fraction of sp³-hybridized carbons (Fsp3) is 0.286. The number of aryl methyl sites for hydroxylation is 2. The van der Waals surface area contributed by atoms with E-state index in [-0.39, 0.29) is 0 Å². The van der Waals surface area contributed by atoms with Crippen molar-refractivity contribution in [3.05, 3.63) is 44.1 Å². The SMILES string of the molecule is CCn1nc(C)c(Br)c1CNc1ccc(C#N)cc1Br. The van der Waals surface area contributed by atoms with Crippen LogP contribution >= 0.6 is 31.9 Å². The number of hydrogen-bond donors (Lipinski definition) is 1. The third-order valence-corrected chi connectivity index (χ3v) is 4.68. The van der Waals surface area contributed by atoms with Gasteiger partial charge in [0.15, 0.2) is 0 Å². The standard InChI is InChI=1S/C14H14Br2N4/c1-3-20-13(14(16)9(2)19-20)8-18-12-5-4-10(7-17)6-11(12)15/h4-6,18H,3,8H2,1-2H3. The first kappa shape index (κ1) is 15.1. The monoisotopic (exact) mass is 396 g/mol. The van der Waals surface area contributed by atoms with Crippen molar-refractivity contribution in [1.82, 2.24) is 9.78 Å². The minimum atomic E-state index is 0.637. The molecule has 0 fully saturated rings. The van der Waals surface area contributed by atoms with E-state index in [2.05, 4.69) is 55.3 Å². The van der Waals surface area contributed by atoms with Gasteiger partial charge in [-0.2, -0.15) is 10.4 Å². The third kappa shape index (κ3) is 3.05. The van der Waals surface area contributed by atoms with Gasteiger partial charge in [-0.15, -0.1) is 0 Å². The lowest BCUT2D eigenvalue weighted by molar-refractivity contribution is 0.622. The molecule has 0 saturated heterocycles. The molecule has 2 rings (SSSR count). The van der Waals surface area contributed by atoms with Crippen LogP contribution in [-0.2, 0) is 13.1 Å². The fourth-order valence-electron chi connectivity index (χ4n) is 1.94. The van der Waals surface area contributed by atoms with Crippen molar-refractivity contribution in [3.63, 3.8) is 0 Å². The molecule has 0 spiro atoms. The van der Waals surface area contributed by atoms with Crippen LogP contribution in [0.3, 0.4) is 0 Å². The number of aromatic nitrogens is 2. The number of rotatable bonds is 4. The summed E-state index contributed by atoms with van der Waals surface area (Å²) in [5.74, 6) is 0. The summed E-state index contributed by atoms with van der Waals surface area (Å²) in [4.78, 5) is 0. The largest absolute Gasteiger partial charge is 0.378 e. The molecular formula is C14H14Br2N4. The number of halogens is 2. The van der Waals surface area contributed by atoms with E-state index in [1.807, 2.05) is 17.7 Å². The third-order valence-electron chi connectivity index (χ3n) is 3.00. The van der Waals surface area contributed by atoms with Crippen LogP contribution in [0.2, 0.25) is 0 Å². The minimum absolute atomic E-state index is 0.637. The first-order valence-corrected chi connectivity index (χ1v) is 7.80. The van der Waals surface area contributed by atoms with E-state index in [0.717, 1.165) is 32.6 Å². The van der Waals surface area contributed by atoms with Gasteiger partial charge in [0.05, 0.1) is 34.0 Å². The highest BCUT2D eigenvalue weighted by Gasteiger charge is 2.12. The van der Waals surface area contributed by atoms with Gasteiger partial charge in [-0.3, -0.25) is 4.68 Å². The van der Waals surface area contributed by atoms with E-state index in [1.165, 1.54) is 0 Å². The Bertz CT molecular complexity index is 671. The Labute approximate surface area is 135 Å². The number of nitriles is 1. The van der Waals surface area contributed by atoms with Crippen LogP contribution in [0.1, 0.15) is 23.9 Å². The highest BCUT2D eigenvalue weighted by atomic mass is 79.9. The van der Waals surface area contributed by atoms with Crippen molar-refractivity contribution in [2.75, 3.05) is 5.32 Å². The molecule has 1 aromatic heterocycles. The lowest BCUT2D eigenvalue weighted by atomic mass is 10.2.